The molecular formula is C15H19NO6. The highest BCUT2D eigenvalue weighted by Gasteiger charge is 2.40. The van der Waals surface area contributed by atoms with Crippen LogP contribution in [0, 0.1) is 0 Å². The zero-order chi connectivity index (χ0) is 15.9. The van der Waals surface area contributed by atoms with E-state index >= 15 is 0 Å². The highest BCUT2D eigenvalue weighted by Crippen LogP contribution is 2.20. The lowest BCUT2D eigenvalue weighted by atomic mass is 10.2. The second-order valence-electron chi connectivity index (χ2n) is 5.06. The van der Waals surface area contributed by atoms with Crippen LogP contribution in [0.3, 0.4) is 0 Å². The van der Waals surface area contributed by atoms with Crippen LogP contribution < -0.4 is 0 Å². The maximum Gasteiger partial charge on any atom is 0.408 e. The van der Waals surface area contributed by atoms with Crippen molar-refractivity contribution in [3.05, 3.63) is 35.9 Å². The van der Waals surface area contributed by atoms with Crippen molar-refractivity contribution in [2.75, 3.05) is 19.8 Å². The van der Waals surface area contributed by atoms with Crippen LogP contribution in [-0.4, -0.2) is 59.1 Å². The van der Waals surface area contributed by atoms with Gasteiger partial charge in [0.05, 0.1) is 32.5 Å². The number of rotatable bonds is 7. The Bertz CT molecular complexity index is 484. The molecule has 0 aliphatic carbocycles. The van der Waals surface area contributed by atoms with Gasteiger partial charge in [-0.05, 0) is 5.56 Å². The third-order valence-corrected chi connectivity index (χ3v) is 3.49. The lowest BCUT2D eigenvalue weighted by Crippen LogP contribution is -2.39. The molecule has 1 aliphatic heterocycles. The third-order valence-electron chi connectivity index (χ3n) is 3.49. The van der Waals surface area contributed by atoms with Crippen molar-refractivity contribution in [2.24, 2.45) is 0 Å². The second-order valence-corrected chi connectivity index (χ2v) is 5.06. The zero-order valence-corrected chi connectivity index (χ0v) is 12.1. The number of hydrogen-bond acceptors (Lipinski definition) is 4. The van der Waals surface area contributed by atoms with E-state index in [0.717, 1.165) is 10.5 Å². The molecule has 1 amide bonds. The van der Waals surface area contributed by atoms with Gasteiger partial charge in [-0.15, -0.1) is 0 Å². The highest BCUT2D eigenvalue weighted by molar-refractivity contribution is 5.80. The van der Waals surface area contributed by atoms with Crippen LogP contribution in [0.5, 0.6) is 0 Å². The summed E-state index contributed by atoms with van der Waals surface area (Å²) in [5.74, 6) is -1.14. The first-order chi connectivity index (χ1) is 10.6. The van der Waals surface area contributed by atoms with Crippen molar-refractivity contribution in [3.8, 4) is 0 Å². The fourth-order valence-electron chi connectivity index (χ4n) is 2.40. The molecule has 22 heavy (non-hydrogen) atoms. The summed E-state index contributed by atoms with van der Waals surface area (Å²) < 4.78 is 11.0. The molecule has 1 heterocycles. The SMILES string of the molecule is O=C(O)[C@@H]1C[C@@H](OCCOCc2ccccc2)CN1C(=O)O. The van der Waals surface area contributed by atoms with Crippen LogP contribution in [-0.2, 0) is 20.9 Å². The Labute approximate surface area is 128 Å². The summed E-state index contributed by atoms with van der Waals surface area (Å²) in [7, 11) is 0. The Morgan fingerprint density at radius 3 is 2.50 bits per heavy atom. The molecule has 1 saturated heterocycles. The smallest absolute Gasteiger partial charge is 0.408 e. The van der Waals surface area contributed by atoms with Gasteiger partial charge in [-0.25, -0.2) is 9.59 Å². The van der Waals surface area contributed by atoms with Gasteiger partial charge in [0.2, 0.25) is 0 Å². The maximum absolute atomic E-state index is 11.0. The standard InChI is InChI=1S/C15H19NO6/c17-14(18)13-8-12(9-16(13)15(19)20)22-7-6-21-10-11-4-2-1-3-5-11/h1-5,12-13H,6-10H2,(H,17,18)(H,19,20)/t12-,13+/m1/s1. The van der Waals surface area contributed by atoms with Gasteiger partial charge >= 0.3 is 12.1 Å². The van der Waals surface area contributed by atoms with E-state index in [0.29, 0.717) is 19.8 Å². The number of amides is 1. The number of carboxylic acids is 1. The molecule has 2 atom stereocenters. The quantitative estimate of drug-likeness (QED) is 0.740. The molecule has 1 aromatic carbocycles. The largest absolute Gasteiger partial charge is 0.480 e. The lowest BCUT2D eigenvalue weighted by molar-refractivity contribution is -0.141. The van der Waals surface area contributed by atoms with Gasteiger partial charge in [0.1, 0.15) is 6.04 Å². The number of carbonyl (C=O) groups is 2. The van der Waals surface area contributed by atoms with Crippen LogP contribution >= 0.6 is 0 Å². The van der Waals surface area contributed by atoms with Gasteiger partial charge in [-0.2, -0.15) is 0 Å². The number of hydrogen-bond donors (Lipinski definition) is 2. The van der Waals surface area contributed by atoms with Crippen molar-refractivity contribution >= 4 is 12.1 Å². The summed E-state index contributed by atoms with van der Waals surface area (Å²) in [6, 6.07) is 8.67. The van der Waals surface area contributed by atoms with Crippen LogP contribution in [0.15, 0.2) is 30.3 Å². The minimum atomic E-state index is -1.24. The Hall–Kier alpha value is -2.12. The normalized spacial score (nSPS) is 21.0. The molecule has 0 radical (unpaired) electrons. The third kappa shape index (κ3) is 4.44. The van der Waals surface area contributed by atoms with Crippen molar-refractivity contribution in [1.29, 1.82) is 0 Å². The molecule has 0 unspecified atom stereocenters. The van der Waals surface area contributed by atoms with Gasteiger partial charge in [-0.3, -0.25) is 4.90 Å². The molecule has 1 fully saturated rings. The van der Waals surface area contributed by atoms with Crippen LogP contribution in [0.25, 0.3) is 0 Å². The van der Waals surface area contributed by atoms with Crippen molar-refractivity contribution in [3.63, 3.8) is 0 Å². The van der Waals surface area contributed by atoms with E-state index in [9.17, 15) is 9.59 Å². The molecule has 7 heteroatoms. The van der Waals surface area contributed by atoms with Gasteiger partial charge in [0, 0.05) is 6.42 Å². The molecule has 0 aromatic heterocycles. The Morgan fingerprint density at radius 2 is 1.91 bits per heavy atom. The molecule has 2 N–H and O–H groups in total. The highest BCUT2D eigenvalue weighted by atomic mass is 16.5. The molecule has 0 bridgehead atoms. The molecule has 1 aliphatic rings. The second kappa shape index (κ2) is 7.77. The molecule has 0 saturated carbocycles. The average molecular weight is 309 g/mol. The van der Waals surface area contributed by atoms with Crippen molar-refractivity contribution in [1.82, 2.24) is 4.90 Å². The molecule has 1 aromatic rings. The fourth-order valence-corrected chi connectivity index (χ4v) is 2.40. The Morgan fingerprint density at radius 1 is 1.18 bits per heavy atom. The minimum absolute atomic E-state index is 0.0744. The summed E-state index contributed by atoms with van der Waals surface area (Å²) in [6.45, 7) is 1.23. The van der Waals surface area contributed by atoms with Gasteiger partial charge < -0.3 is 19.7 Å². The van der Waals surface area contributed by atoms with E-state index in [1.807, 2.05) is 30.3 Å². The van der Waals surface area contributed by atoms with E-state index in [1.54, 1.807) is 0 Å². The average Bonchev–Trinajstić information content (AvgIpc) is 2.93. The van der Waals surface area contributed by atoms with E-state index in [4.69, 9.17) is 19.7 Å². The first kappa shape index (κ1) is 16.3. The predicted octanol–water partition coefficient (Wildman–Crippen LogP) is 1.43. The monoisotopic (exact) mass is 309 g/mol. The lowest BCUT2D eigenvalue weighted by Gasteiger charge is -2.16. The van der Waals surface area contributed by atoms with Gasteiger partial charge in [0.25, 0.3) is 0 Å². The molecule has 0 spiro atoms. The first-order valence-corrected chi connectivity index (χ1v) is 7.03. The van der Waals surface area contributed by atoms with E-state index in [-0.39, 0.29) is 13.0 Å². The van der Waals surface area contributed by atoms with Crippen molar-refractivity contribution in [2.45, 2.75) is 25.2 Å². The molecule has 2 rings (SSSR count). The molecule has 120 valence electrons. The van der Waals surface area contributed by atoms with E-state index in [2.05, 4.69) is 0 Å². The summed E-state index contributed by atoms with van der Waals surface area (Å²) in [5.41, 5.74) is 1.06. The number of nitrogens with zero attached hydrogens (tertiary/aromatic N) is 1. The summed E-state index contributed by atoms with van der Waals surface area (Å²) in [6.07, 6.45) is -1.48. The molecular weight excluding hydrogens is 290 g/mol. The summed E-state index contributed by atoms with van der Waals surface area (Å²) >= 11 is 0. The number of likely N-dealkylation sites (tertiary alicyclic amines) is 1. The number of ether oxygens (including phenoxy) is 2. The zero-order valence-electron chi connectivity index (χ0n) is 12.1. The maximum atomic E-state index is 11.0. The first-order valence-electron chi connectivity index (χ1n) is 7.03. The Balaban J connectivity index is 1.67. The van der Waals surface area contributed by atoms with E-state index < -0.39 is 24.2 Å². The fraction of sp³-hybridized carbons (Fsp3) is 0.467. The Kier molecular flexibility index (Phi) is 5.74. The molecule has 7 nitrogen and oxygen atoms in total. The van der Waals surface area contributed by atoms with Crippen LogP contribution in [0.2, 0.25) is 0 Å². The van der Waals surface area contributed by atoms with Crippen LogP contribution in [0.4, 0.5) is 4.79 Å². The minimum Gasteiger partial charge on any atom is -0.480 e. The number of aliphatic carboxylic acids is 1. The predicted molar refractivity (Wildman–Crippen MR) is 76.6 cm³/mol. The van der Waals surface area contributed by atoms with Crippen molar-refractivity contribution < 1.29 is 29.3 Å². The van der Waals surface area contributed by atoms with Crippen LogP contribution in [0.1, 0.15) is 12.0 Å². The van der Waals surface area contributed by atoms with E-state index in [1.165, 1.54) is 0 Å². The topological polar surface area (TPSA) is 96.3 Å². The van der Waals surface area contributed by atoms with Gasteiger partial charge in [0.15, 0.2) is 0 Å². The van der Waals surface area contributed by atoms with Gasteiger partial charge in [-0.1, -0.05) is 30.3 Å². The summed E-state index contributed by atoms with van der Waals surface area (Å²) in [4.78, 5) is 22.9. The number of benzene rings is 1. The number of carboxylic acid groups (broad SMARTS) is 2. The summed E-state index contributed by atoms with van der Waals surface area (Å²) in [5, 5.41) is 18.0.